The highest BCUT2D eigenvalue weighted by atomic mass is 35.5. The van der Waals surface area contributed by atoms with Crippen LogP contribution < -0.4 is 0 Å². The molecule has 0 aliphatic heterocycles. The number of hydrogen-bond donors (Lipinski definition) is 1. The summed E-state index contributed by atoms with van der Waals surface area (Å²) in [4.78, 5) is 0. The van der Waals surface area contributed by atoms with Gasteiger partial charge in [0.2, 0.25) is 0 Å². The molecule has 0 saturated carbocycles. The van der Waals surface area contributed by atoms with Gasteiger partial charge in [0.1, 0.15) is 0 Å². The lowest BCUT2D eigenvalue weighted by molar-refractivity contribution is 0.178. The fourth-order valence-electron chi connectivity index (χ4n) is 1.84. The Labute approximate surface area is 107 Å². The number of aliphatic hydroxyl groups excluding tert-OH is 1. The minimum Gasteiger partial charge on any atom is -0.388 e. The van der Waals surface area contributed by atoms with Crippen LogP contribution in [0.5, 0.6) is 0 Å². The van der Waals surface area contributed by atoms with E-state index in [1.54, 1.807) is 0 Å². The lowest BCUT2D eigenvalue weighted by Gasteiger charge is -2.11. The Morgan fingerprint density at radius 2 is 1.82 bits per heavy atom. The topological polar surface area (TPSA) is 20.2 Å². The molecular formula is C15H15ClO. The zero-order valence-electron chi connectivity index (χ0n) is 9.73. The van der Waals surface area contributed by atoms with Crippen molar-refractivity contribution in [2.24, 2.45) is 0 Å². The maximum atomic E-state index is 10.1. The van der Waals surface area contributed by atoms with Crippen molar-refractivity contribution in [3.8, 4) is 0 Å². The first-order valence-corrected chi connectivity index (χ1v) is 6.02. The number of rotatable bonds is 3. The van der Waals surface area contributed by atoms with E-state index in [1.807, 2.05) is 55.5 Å². The van der Waals surface area contributed by atoms with Crippen LogP contribution in [-0.2, 0) is 6.42 Å². The molecule has 1 unspecified atom stereocenters. The summed E-state index contributed by atoms with van der Waals surface area (Å²) in [5, 5.41) is 10.9. The molecule has 0 heterocycles. The molecule has 0 spiro atoms. The van der Waals surface area contributed by atoms with Crippen molar-refractivity contribution in [1.82, 2.24) is 0 Å². The van der Waals surface area contributed by atoms with Crippen LogP contribution in [0, 0.1) is 6.92 Å². The molecule has 0 aliphatic rings. The third-order valence-electron chi connectivity index (χ3n) is 2.77. The molecule has 0 aromatic heterocycles. The highest BCUT2D eigenvalue weighted by molar-refractivity contribution is 6.30. The zero-order chi connectivity index (χ0) is 12.3. The Morgan fingerprint density at radius 3 is 2.47 bits per heavy atom. The van der Waals surface area contributed by atoms with Crippen molar-refractivity contribution in [2.45, 2.75) is 19.4 Å². The van der Waals surface area contributed by atoms with Gasteiger partial charge in [0.25, 0.3) is 0 Å². The summed E-state index contributed by atoms with van der Waals surface area (Å²) in [5.41, 5.74) is 3.21. The molecule has 0 saturated heterocycles. The smallest absolute Gasteiger partial charge is 0.0830 e. The SMILES string of the molecule is Cc1cccc(C(O)Cc2ccc(Cl)cc2)c1. The van der Waals surface area contributed by atoms with E-state index >= 15 is 0 Å². The van der Waals surface area contributed by atoms with Crippen molar-refractivity contribution in [3.05, 3.63) is 70.2 Å². The molecule has 1 atom stereocenters. The average Bonchev–Trinajstić information content (AvgIpc) is 2.32. The molecule has 0 amide bonds. The predicted molar refractivity (Wildman–Crippen MR) is 71.3 cm³/mol. The van der Waals surface area contributed by atoms with Gasteiger partial charge in [-0.25, -0.2) is 0 Å². The van der Waals surface area contributed by atoms with E-state index in [1.165, 1.54) is 0 Å². The van der Waals surface area contributed by atoms with Crippen LogP contribution in [0.1, 0.15) is 22.8 Å². The Balaban J connectivity index is 2.11. The second kappa shape index (κ2) is 5.35. The van der Waals surface area contributed by atoms with Crippen molar-refractivity contribution in [2.75, 3.05) is 0 Å². The Kier molecular flexibility index (Phi) is 3.82. The van der Waals surface area contributed by atoms with Gasteiger partial charge < -0.3 is 5.11 Å². The van der Waals surface area contributed by atoms with Crippen LogP contribution in [-0.4, -0.2) is 5.11 Å². The van der Waals surface area contributed by atoms with Crippen molar-refractivity contribution in [1.29, 1.82) is 0 Å². The lowest BCUT2D eigenvalue weighted by atomic mass is 10.0. The predicted octanol–water partition coefficient (Wildman–Crippen LogP) is 3.92. The summed E-state index contributed by atoms with van der Waals surface area (Å²) in [5.74, 6) is 0. The van der Waals surface area contributed by atoms with Gasteiger partial charge in [-0.2, -0.15) is 0 Å². The minimum atomic E-state index is -0.462. The van der Waals surface area contributed by atoms with Gasteiger partial charge in [-0.05, 0) is 30.2 Å². The Morgan fingerprint density at radius 1 is 1.12 bits per heavy atom. The third-order valence-corrected chi connectivity index (χ3v) is 3.02. The second-order valence-corrected chi connectivity index (χ2v) is 4.70. The van der Waals surface area contributed by atoms with Crippen molar-refractivity contribution < 1.29 is 5.11 Å². The fraction of sp³-hybridized carbons (Fsp3) is 0.200. The quantitative estimate of drug-likeness (QED) is 0.870. The molecule has 0 fully saturated rings. The van der Waals surface area contributed by atoms with E-state index in [2.05, 4.69) is 0 Å². The van der Waals surface area contributed by atoms with Gasteiger partial charge in [0.15, 0.2) is 0 Å². The monoisotopic (exact) mass is 246 g/mol. The highest BCUT2D eigenvalue weighted by Gasteiger charge is 2.08. The van der Waals surface area contributed by atoms with Gasteiger partial charge in [-0.3, -0.25) is 0 Å². The Bertz CT molecular complexity index is 491. The van der Waals surface area contributed by atoms with Gasteiger partial charge in [-0.15, -0.1) is 0 Å². The molecule has 17 heavy (non-hydrogen) atoms. The molecule has 0 radical (unpaired) electrons. The number of aliphatic hydroxyl groups is 1. The zero-order valence-corrected chi connectivity index (χ0v) is 10.5. The first kappa shape index (κ1) is 12.2. The van der Waals surface area contributed by atoms with E-state index in [0.717, 1.165) is 21.7 Å². The first-order chi connectivity index (χ1) is 8.15. The summed E-state index contributed by atoms with van der Waals surface area (Å²) < 4.78 is 0. The number of benzene rings is 2. The summed E-state index contributed by atoms with van der Waals surface area (Å²) in [7, 11) is 0. The molecule has 1 N–H and O–H groups in total. The van der Waals surface area contributed by atoms with E-state index < -0.39 is 6.10 Å². The van der Waals surface area contributed by atoms with Crippen molar-refractivity contribution in [3.63, 3.8) is 0 Å². The van der Waals surface area contributed by atoms with Crippen LogP contribution in [0.25, 0.3) is 0 Å². The summed E-state index contributed by atoms with van der Waals surface area (Å²) >= 11 is 5.82. The molecule has 1 nitrogen and oxygen atoms in total. The average molecular weight is 247 g/mol. The molecule has 2 aromatic rings. The molecule has 0 bridgehead atoms. The molecule has 2 heteroatoms. The van der Waals surface area contributed by atoms with Crippen LogP contribution in [0.2, 0.25) is 5.02 Å². The standard InChI is InChI=1S/C15H15ClO/c1-11-3-2-4-13(9-11)15(17)10-12-5-7-14(16)8-6-12/h2-9,15,17H,10H2,1H3. The van der Waals surface area contributed by atoms with Crippen molar-refractivity contribution >= 4 is 11.6 Å². The molecule has 0 aliphatic carbocycles. The van der Waals surface area contributed by atoms with Crippen LogP contribution in [0.3, 0.4) is 0 Å². The third kappa shape index (κ3) is 3.32. The maximum absolute atomic E-state index is 10.1. The van der Waals surface area contributed by atoms with Crippen LogP contribution >= 0.6 is 11.6 Å². The first-order valence-electron chi connectivity index (χ1n) is 5.64. The van der Waals surface area contributed by atoms with E-state index in [-0.39, 0.29) is 0 Å². The van der Waals surface area contributed by atoms with Gasteiger partial charge >= 0.3 is 0 Å². The van der Waals surface area contributed by atoms with Gasteiger partial charge in [-0.1, -0.05) is 53.6 Å². The maximum Gasteiger partial charge on any atom is 0.0830 e. The largest absolute Gasteiger partial charge is 0.388 e. The van der Waals surface area contributed by atoms with E-state index in [9.17, 15) is 5.11 Å². The minimum absolute atomic E-state index is 0.462. The second-order valence-electron chi connectivity index (χ2n) is 4.26. The molecule has 2 rings (SSSR count). The fourth-order valence-corrected chi connectivity index (χ4v) is 1.96. The number of aryl methyl sites for hydroxylation is 1. The number of halogens is 1. The summed E-state index contributed by atoms with van der Waals surface area (Å²) in [6.07, 6.45) is 0.150. The van der Waals surface area contributed by atoms with Crippen LogP contribution in [0.15, 0.2) is 48.5 Å². The Hall–Kier alpha value is -1.31. The summed E-state index contributed by atoms with van der Waals surface area (Å²) in [6.45, 7) is 2.03. The lowest BCUT2D eigenvalue weighted by Crippen LogP contribution is -2.01. The highest BCUT2D eigenvalue weighted by Crippen LogP contribution is 2.20. The molecular weight excluding hydrogens is 232 g/mol. The van der Waals surface area contributed by atoms with E-state index in [4.69, 9.17) is 11.6 Å². The van der Waals surface area contributed by atoms with Crippen LogP contribution in [0.4, 0.5) is 0 Å². The number of hydrogen-bond acceptors (Lipinski definition) is 1. The normalized spacial score (nSPS) is 12.4. The molecule has 88 valence electrons. The van der Waals surface area contributed by atoms with E-state index in [0.29, 0.717) is 6.42 Å². The van der Waals surface area contributed by atoms with Gasteiger partial charge in [0.05, 0.1) is 6.10 Å². The summed E-state index contributed by atoms with van der Waals surface area (Å²) in [6, 6.07) is 15.5. The van der Waals surface area contributed by atoms with Gasteiger partial charge in [0, 0.05) is 11.4 Å². The molecule has 2 aromatic carbocycles.